The van der Waals surface area contributed by atoms with Crippen LogP contribution < -0.4 is 10.6 Å². The fourth-order valence-electron chi connectivity index (χ4n) is 2.42. The Bertz CT molecular complexity index is 464. The Kier molecular flexibility index (Phi) is 4.40. The third-order valence-corrected chi connectivity index (χ3v) is 5.38. The molecule has 1 aromatic rings. The Labute approximate surface area is 119 Å². The lowest BCUT2D eigenvalue weighted by atomic mass is 9.84. The summed E-state index contributed by atoms with van der Waals surface area (Å²) in [5, 5.41) is 6.17. The van der Waals surface area contributed by atoms with Gasteiger partial charge in [-0.2, -0.15) is 11.8 Å². The van der Waals surface area contributed by atoms with E-state index in [1.54, 1.807) is 0 Å². The van der Waals surface area contributed by atoms with Gasteiger partial charge in [-0.15, -0.1) is 0 Å². The molecule has 0 unspecified atom stereocenters. The number of thioether (sulfide) groups is 1. The van der Waals surface area contributed by atoms with Gasteiger partial charge in [0, 0.05) is 24.0 Å². The van der Waals surface area contributed by atoms with Crippen LogP contribution in [-0.4, -0.2) is 30.5 Å². The second-order valence-corrected chi connectivity index (χ2v) is 6.50. The minimum absolute atomic E-state index is 0.0216. The Morgan fingerprint density at radius 2 is 2.16 bits per heavy atom. The molecule has 0 saturated heterocycles. The first kappa shape index (κ1) is 14.3. The molecule has 2 N–H and O–H groups in total. The molecule has 0 heterocycles. The highest BCUT2D eigenvalue weighted by Crippen LogP contribution is 2.42. The van der Waals surface area contributed by atoms with E-state index in [1.807, 2.05) is 43.9 Å². The van der Waals surface area contributed by atoms with Crippen molar-refractivity contribution in [1.29, 1.82) is 0 Å². The predicted molar refractivity (Wildman–Crippen MR) is 83.2 cm³/mol. The summed E-state index contributed by atoms with van der Waals surface area (Å²) in [5.41, 5.74) is 2.72. The van der Waals surface area contributed by atoms with Crippen LogP contribution in [0.2, 0.25) is 0 Å². The number of benzene rings is 1. The Balaban J connectivity index is 2.05. The van der Waals surface area contributed by atoms with E-state index >= 15 is 0 Å². The Morgan fingerprint density at radius 1 is 1.42 bits per heavy atom. The van der Waals surface area contributed by atoms with Gasteiger partial charge in [0.05, 0.1) is 5.56 Å². The number of hydrogen-bond donors (Lipinski definition) is 2. The summed E-state index contributed by atoms with van der Waals surface area (Å²) < 4.78 is 0.277. The smallest absolute Gasteiger partial charge is 0.253 e. The number of rotatable bonds is 5. The van der Waals surface area contributed by atoms with Gasteiger partial charge in [0.15, 0.2) is 0 Å². The van der Waals surface area contributed by atoms with E-state index in [2.05, 4.69) is 16.9 Å². The highest BCUT2D eigenvalue weighted by molar-refractivity contribution is 8.00. The maximum absolute atomic E-state index is 12.3. The molecular formula is C15H22N2OS. The normalized spacial score (nSPS) is 16.6. The molecule has 4 heteroatoms. The van der Waals surface area contributed by atoms with Gasteiger partial charge in [0.25, 0.3) is 5.91 Å². The van der Waals surface area contributed by atoms with Gasteiger partial charge in [0.1, 0.15) is 0 Å². The van der Waals surface area contributed by atoms with E-state index in [4.69, 9.17) is 0 Å². The van der Waals surface area contributed by atoms with Crippen molar-refractivity contribution < 1.29 is 4.79 Å². The molecule has 0 atom stereocenters. The molecule has 1 aliphatic rings. The molecule has 0 aromatic heterocycles. The highest BCUT2D eigenvalue weighted by atomic mass is 32.2. The average molecular weight is 278 g/mol. The molecule has 0 bridgehead atoms. The molecule has 1 fully saturated rings. The van der Waals surface area contributed by atoms with Gasteiger partial charge in [0.2, 0.25) is 0 Å². The predicted octanol–water partition coefficient (Wildman–Crippen LogP) is 3.05. The van der Waals surface area contributed by atoms with Gasteiger partial charge < -0.3 is 10.6 Å². The Morgan fingerprint density at radius 3 is 2.68 bits per heavy atom. The zero-order valence-electron chi connectivity index (χ0n) is 11.9. The molecule has 0 radical (unpaired) electrons. The van der Waals surface area contributed by atoms with Crippen LogP contribution in [0.1, 0.15) is 35.2 Å². The average Bonchev–Trinajstić information content (AvgIpc) is 2.37. The van der Waals surface area contributed by atoms with Crippen LogP contribution in [0.4, 0.5) is 5.69 Å². The SMILES string of the molecule is CNc1ccc(C)cc1C(=O)NCC1(SC)CCC1. The first-order valence-electron chi connectivity index (χ1n) is 6.72. The first-order chi connectivity index (χ1) is 9.10. The van der Waals surface area contributed by atoms with Gasteiger partial charge >= 0.3 is 0 Å². The molecule has 1 saturated carbocycles. The van der Waals surface area contributed by atoms with Crippen molar-refractivity contribution in [2.45, 2.75) is 30.9 Å². The van der Waals surface area contributed by atoms with Crippen molar-refractivity contribution in [3.8, 4) is 0 Å². The summed E-state index contributed by atoms with van der Waals surface area (Å²) in [6, 6.07) is 5.91. The second kappa shape index (κ2) is 5.87. The molecule has 2 rings (SSSR count). The van der Waals surface area contributed by atoms with Gasteiger partial charge in [-0.05, 0) is 38.2 Å². The van der Waals surface area contributed by atoms with Crippen LogP contribution in [0, 0.1) is 6.92 Å². The van der Waals surface area contributed by atoms with Crippen LogP contribution in [0.15, 0.2) is 18.2 Å². The van der Waals surface area contributed by atoms with Crippen LogP contribution >= 0.6 is 11.8 Å². The molecule has 3 nitrogen and oxygen atoms in total. The van der Waals surface area contributed by atoms with E-state index in [0.717, 1.165) is 23.4 Å². The molecule has 1 aromatic carbocycles. The fourth-order valence-corrected chi connectivity index (χ4v) is 3.34. The highest BCUT2D eigenvalue weighted by Gasteiger charge is 2.36. The van der Waals surface area contributed by atoms with Crippen molar-refractivity contribution in [1.82, 2.24) is 5.32 Å². The van der Waals surface area contributed by atoms with Gasteiger partial charge in [-0.3, -0.25) is 4.79 Å². The topological polar surface area (TPSA) is 41.1 Å². The Hall–Kier alpha value is -1.16. The number of hydrogen-bond acceptors (Lipinski definition) is 3. The fraction of sp³-hybridized carbons (Fsp3) is 0.533. The molecule has 1 aliphatic carbocycles. The number of carbonyl (C=O) groups is 1. The molecular weight excluding hydrogens is 256 g/mol. The maximum Gasteiger partial charge on any atom is 0.253 e. The number of aryl methyl sites for hydroxylation is 1. The molecule has 0 aliphatic heterocycles. The lowest BCUT2D eigenvalue weighted by Crippen LogP contribution is -2.45. The van der Waals surface area contributed by atoms with E-state index in [0.29, 0.717) is 0 Å². The summed E-state index contributed by atoms with van der Waals surface area (Å²) in [5.74, 6) is 0.0216. The van der Waals surface area contributed by atoms with Crippen LogP contribution in [0.5, 0.6) is 0 Å². The minimum Gasteiger partial charge on any atom is -0.387 e. The van der Waals surface area contributed by atoms with Crippen molar-refractivity contribution in [3.63, 3.8) is 0 Å². The molecule has 104 valence electrons. The zero-order chi connectivity index (χ0) is 13.9. The standard InChI is InChI=1S/C15H22N2OS/c1-11-5-6-13(16-2)12(9-11)14(18)17-10-15(19-3)7-4-8-15/h5-6,9,16H,4,7-8,10H2,1-3H3,(H,17,18). The zero-order valence-corrected chi connectivity index (χ0v) is 12.7. The largest absolute Gasteiger partial charge is 0.387 e. The van der Waals surface area contributed by atoms with Crippen LogP contribution in [-0.2, 0) is 0 Å². The van der Waals surface area contributed by atoms with Crippen molar-refractivity contribution in [3.05, 3.63) is 29.3 Å². The minimum atomic E-state index is 0.0216. The number of nitrogens with one attached hydrogen (secondary N) is 2. The summed E-state index contributed by atoms with van der Waals surface area (Å²) >= 11 is 1.88. The van der Waals surface area contributed by atoms with Crippen molar-refractivity contribution in [2.24, 2.45) is 0 Å². The number of anilines is 1. The second-order valence-electron chi connectivity index (χ2n) is 5.22. The summed E-state index contributed by atoms with van der Waals surface area (Å²) in [6.07, 6.45) is 5.84. The van der Waals surface area contributed by atoms with Gasteiger partial charge in [-0.25, -0.2) is 0 Å². The van der Waals surface area contributed by atoms with Crippen LogP contribution in [0.3, 0.4) is 0 Å². The first-order valence-corrected chi connectivity index (χ1v) is 7.94. The summed E-state index contributed by atoms with van der Waals surface area (Å²) in [4.78, 5) is 12.3. The summed E-state index contributed by atoms with van der Waals surface area (Å²) in [7, 11) is 1.84. The third kappa shape index (κ3) is 3.06. The number of carbonyl (C=O) groups excluding carboxylic acids is 1. The van der Waals surface area contributed by atoms with Crippen LogP contribution in [0.25, 0.3) is 0 Å². The third-order valence-electron chi connectivity index (χ3n) is 3.96. The van der Waals surface area contributed by atoms with E-state index in [9.17, 15) is 4.79 Å². The van der Waals surface area contributed by atoms with E-state index in [1.165, 1.54) is 19.3 Å². The molecule has 0 spiro atoms. The van der Waals surface area contributed by atoms with Gasteiger partial charge in [-0.1, -0.05) is 18.1 Å². The van der Waals surface area contributed by atoms with E-state index in [-0.39, 0.29) is 10.7 Å². The van der Waals surface area contributed by atoms with Crippen molar-refractivity contribution >= 4 is 23.4 Å². The van der Waals surface area contributed by atoms with Crippen molar-refractivity contribution in [2.75, 3.05) is 25.2 Å². The summed E-state index contributed by atoms with van der Waals surface area (Å²) in [6.45, 7) is 2.77. The molecule has 1 amide bonds. The quantitative estimate of drug-likeness (QED) is 0.870. The number of amides is 1. The lowest BCUT2D eigenvalue weighted by molar-refractivity contribution is 0.0944. The lowest BCUT2D eigenvalue weighted by Gasteiger charge is -2.40. The maximum atomic E-state index is 12.3. The monoisotopic (exact) mass is 278 g/mol. The van der Waals surface area contributed by atoms with E-state index < -0.39 is 0 Å². The molecule has 19 heavy (non-hydrogen) atoms.